The van der Waals surface area contributed by atoms with Gasteiger partial charge in [0.1, 0.15) is 5.75 Å². The molecule has 1 fully saturated rings. The van der Waals surface area contributed by atoms with Gasteiger partial charge in [-0.1, -0.05) is 0 Å². The Bertz CT molecular complexity index is 440. The van der Waals surface area contributed by atoms with Crippen LogP contribution in [0.2, 0.25) is 0 Å². The van der Waals surface area contributed by atoms with Gasteiger partial charge in [-0.3, -0.25) is 14.5 Å². The summed E-state index contributed by atoms with van der Waals surface area (Å²) < 4.78 is 4.98. The number of rotatable bonds is 2. The average Bonchev–Trinajstić information content (AvgIpc) is 2.68. The Kier molecular flexibility index (Phi) is 3.10. The van der Waals surface area contributed by atoms with Crippen molar-refractivity contribution in [2.24, 2.45) is 0 Å². The minimum atomic E-state index is -0.746. The summed E-state index contributed by atoms with van der Waals surface area (Å²) >= 11 is 0. The van der Waals surface area contributed by atoms with Crippen LogP contribution < -0.4 is 4.74 Å². The summed E-state index contributed by atoms with van der Waals surface area (Å²) in [6.45, 7) is 0.0731. The molecule has 2 amide bonds. The molecular formula is C12H13NO4. The number of hydrogen-bond acceptors (Lipinski definition) is 4. The molecule has 5 nitrogen and oxygen atoms in total. The number of aliphatic hydroxyl groups excluding tert-OH is 1. The highest BCUT2D eigenvalue weighted by atomic mass is 16.5. The largest absolute Gasteiger partial charge is 0.497 e. The molecule has 1 atom stereocenters. The van der Waals surface area contributed by atoms with E-state index in [-0.39, 0.29) is 24.8 Å². The molecule has 1 aromatic rings. The lowest BCUT2D eigenvalue weighted by Crippen LogP contribution is -2.32. The number of imide groups is 1. The monoisotopic (exact) mass is 235 g/mol. The number of carbonyl (C=O) groups is 2. The predicted octanol–water partition coefficient (Wildman–Crippen LogP) is 0.429. The van der Waals surface area contributed by atoms with Crippen molar-refractivity contribution in [1.82, 2.24) is 4.90 Å². The zero-order chi connectivity index (χ0) is 12.4. The minimum absolute atomic E-state index is 0.0158. The van der Waals surface area contributed by atoms with Gasteiger partial charge in [0.25, 0.3) is 5.91 Å². The van der Waals surface area contributed by atoms with E-state index in [1.54, 1.807) is 24.3 Å². The molecule has 0 aliphatic carbocycles. The van der Waals surface area contributed by atoms with E-state index in [2.05, 4.69) is 0 Å². The molecule has 1 N–H and O–H groups in total. The number of nitrogens with zero attached hydrogens (tertiary/aromatic N) is 1. The van der Waals surface area contributed by atoms with Gasteiger partial charge in [-0.25, -0.2) is 0 Å². The Morgan fingerprint density at radius 2 is 2.06 bits per heavy atom. The van der Waals surface area contributed by atoms with E-state index in [0.717, 1.165) is 4.90 Å². The Hall–Kier alpha value is -1.88. The van der Waals surface area contributed by atoms with Crippen LogP contribution >= 0.6 is 0 Å². The van der Waals surface area contributed by atoms with Crippen molar-refractivity contribution in [2.75, 3.05) is 13.7 Å². The predicted molar refractivity (Wildman–Crippen MR) is 59.7 cm³/mol. The van der Waals surface area contributed by atoms with Crippen LogP contribution in [0.15, 0.2) is 24.3 Å². The smallest absolute Gasteiger partial charge is 0.260 e. The molecule has 0 spiro atoms. The summed E-state index contributed by atoms with van der Waals surface area (Å²) in [4.78, 5) is 24.5. The quantitative estimate of drug-likeness (QED) is 0.755. The van der Waals surface area contributed by atoms with Crippen LogP contribution in [0.25, 0.3) is 0 Å². The number of ether oxygens (including phenoxy) is 1. The molecule has 1 aliphatic rings. The lowest BCUT2D eigenvalue weighted by molar-refractivity contribution is -0.125. The number of aliphatic hydroxyl groups is 1. The normalized spacial score (nSPS) is 19.5. The maximum Gasteiger partial charge on any atom is 0.260 e. The summed E-state index contributed by atoms with van der Waals surface area (Å²) in [5, 5.41) is 9.31. The molecule has 0 radical (unpaired) electrons. The van der Waals surface area contributed by atoms with E-state index in [1.807, 2.05) is 0 Å². The van der Waals surface area contributed by atoms with Gasteiger partial charge < -0.3 is 9.84 Å². The number of likely N-dealkylation sites (tertiary alicyclic amines) is 1. The van der Waals surface area contributed by atoms with Crippen LogP contribution in [0.4, 0.5) is 0 Å². The van der Waals surface area contributed by atoms with Gasteiger partial charge in [0, 0.05) is 5.56 Å². The van der Waals surface area contributed by atoms with Crippen molar-refractivity contribution < 1.29 is 19.4 Å². The summed E-state index contributed by atoms with van der Waals surface area (Å²) in [7, 11) is 1.54. The lowest BCUT2D eigenvalue weighted by Gasteiger charge is -2.13. The first-order valence-electron chi connectivity index (χ1n) is 5.28. The summed E-state index contributed by atoms with van der Waals surface area (Å²) in [6.07, 6.45) is -0.730. The number of carbonyl (C=O) groups excluding carboxylic acids is 2. The Balaban J connectivity index is 2.16. The number of hydrogen-bond donors (Lipinski definition) is 1. The van der Waals surface area contributed by atoms with Gasteiger partial charge in [0.2, 0.25) is 5.91 Å². The summed E-state index contributed by atoms with van der Waals surface area (Å²) in [5.74, 6) is -0.0677. The summed E-state index contributed by atoms with van der Waals surface area (Å²) in [5.41, 5.74) is 0.410. The van der Waals surface area contributed by atoms with Gasteiger partial charge in [0.05, 0.1) is 26.2 Å². The molecule has 0 saturated carbocycles. The number of benzene rings is 1. The van der Waals surface area contributed by atoms with E-state index in [1.165, 1.54) is 7.11 Å². The highest BCUT2D eigenvalue weighted by Gasteiger charge is 2.33. The fraction of sp³-hybridized carbons (Fsp3) is 0.333. The van der Waals surface area contributed by atoms with E-state index in [9.17, 15) is 14.7 Å². The van der Waals surface area contributed by atoms with Gasteiger partial charge in [0.15, 0.2) is 0 Å². The van der Waals surface area contributed by atoms with Crippen LogP contribution in [0.5, 0.6) is 5.75 Å². The topological polar surface area (TPSA) is 66.8 Å². The molecule has 1 saturated heterocycles. The van der Waals surface area contributed by atoms with Crippen LogP contribution in [0.1, 0.15) is 16.8 Å². The average molecular weight is 235 g/mol. The molecule has 0 aromatic heterocycles. The summed E-state index contributed by atoms with van der Waals surface area (Å²) in [6, 6.07) is 6.51. The molecule has 1 unspecified atom stereocenters. The van der Waals surface area contributed by atoms with E-state index in [0.29, 0.717) is 11.3 Å². The second kappa shape index (κ2) is 4.55. The highest BCUT2D eigenvalue weighted by molar-refractivity contribution is 6.05. The third-order valence-corrected chi connectivity index (χ3v) is 2.69. The molecule has 5 heteroatoms. The van der Waals surface area contributed by atoms with Crippen molar-refractivity contribution in [1.29, 1.82) is 0 Å². The zero-order valence-electron chi connectivity index (χ0n) is 9.42. The number of methoxy groups -OCH3 is 1. The number of amides is 2. The molecule has 1 aromatic carbocycles. The van der Waals surface area contributed by atoms with E-state index < -0.39 is 6.10 Å². The van der Waals surface area contributed by atoms with Crippen molar-refractivity contribution in [3.05, 3.63) is 29.8 Å². The van der Waals surface area contributed by atoms with E-state index in [4.69, 9.17) is 4.74 Å². The van der Waals surface area contributed by atoms with Crippen molar-refractivity contribution >= 4 is 11.8 Å². The maximum atomic E-state index is 12.0. The van der Waals surface area contributed by atoms with Gasteiger partial charge in [-0.15, -0.1) is 0 Å². The second-order valence-corrected chi connectivity index (χ2v) is 3.90. The van der Waals surface area contributed by atoms with Crippen molar-refractivity contribution in [3.63, 3.8) is 0 Å². The maximum absolute atomic E-state index is 12.0. The Morgan fingerprint density at radius 1 is 1.41 bits per heavy atom. The first kappa shape index (κ1) is 11.6. The molecule has 0 bridgehead atoms. The first-order valence-corrected chi connectivity index (χ1v) is 5.28. The molecule has 2 rings (SSSR count). The standard InChI is InChI=1S/C12H13NO4/c1-17-10-4-2-8(3-5-10)12(16)13-7-9(14)6-11(13)15/h2-5,9,14H,6-7H2,1H3. The first-order chi connectivity index (χ1) is 8.11. The zero-order valence-corrected chi connectivity index (χ0v) is 9.42. The van der Waals surface area contributed by atoms with Crippen LogP contribution in [-0.4, -0.2) is 41.6 Å². The number of β-amino-alcohol motifs (C(OH)–C–C–N with tert-alkyl or cyclic N) is 1. The molecule has 1 aliphatic heterocycles. The Morgan fingerprint density at radius 3 is 2.53 bits per heavy atom. The van der Waals surface area contributed by atoms with Crippen molar-refractivity contribution in [3.8, 4) is 5.75 Å². The lowest BCUT2D eigenvalue weighted by atomic mass is 10.2. The highest BCUT2D eigenvalue weighted by Crippen LogP contribution is 2.17. The fourth-order valence-corrected chi connectivity index (χ4v) is 1.77. The molecule has 90 valence electrons. The van der Waals surface area contributed by atoms with E-state index >= 15 is 0 Å². The fourth-order valence-electron chi connectivity index (χ4n) is 1.77. The van der Waals surface area contributed by atoms with Gasteiger partial charge in [-0.05, 0) is 24.3 Å². The van der Waals surface area contributed by atoms with Gasteiger partial charge in [-0.2, -0.15) is 0 Å². The molecular weight excluding hydrogens is 222 g/mol. The Labute approximate surface area is 98.6 Å². The third kappa shape index (κ3) is 2.29. The van der Waals surface area contributed by atoms with Crippen LogP contribution in [0, 0.1) is 0 Å². The minimum Gasteiger partial charge on any atom is -0.497 e. The second-order valence-electron chi connectivity index (χ2n) is 3.90. The van der Waals surface area contributed by atoms with Crippen LogP contribution in [-0.2, 0) is 4.79 Å². The third-order valence-electron chi connectivity index (χ3n) is 2.69. The SMILES string of the molecule is COc1ccc(C(=O)N2CC(O)CC2=O)cc1. The van der Waals surface area contributed by atoms with Crippen LogP contribution in [0.3, 0.4) is 0 Å². The van der Waals surface area contributed by atoms with Gasteiger partial charge >= 0.3 is 0 Å². The van der Waals surface area contributed by atoms with Crippen molar-refractivity contribution in [2.45, 2.75) is 12.5 Å². The molecule has 1 heterocycles. The molecule has 17 heavy (non-hydrogen) atoms.